The highest BCUT2D eigenvalue weighted by atomic mass is 32.1. The molecule has 0 radical (unpaired) electrons. The maximum absolute atomic E-state index is 12.2. The minimum atomic E-state index is -0.0134. The van der Waals surface area contributed by atoms with Gasteiger partial charge < -0.3 is 5.32 Å². The normalized spacial score (nSPS) is 15.9. The van der Waals surface area contributed by atoms with Crippen LogP contribution in [0.1, 0.15) is 35.0 Å². The van der Waals surface area contributed by atoms with Crippen molar-refractivity contribution in [3.8, 4) is 0 Å². The van der Waals surface area contributed by atoms with Crippen LogP contribution in [-0.4, -0.2) is 14.4 Å². The molecule has 0 saturated heterocycles. The lowest BCUT2D eigenvalue weighted by atomic mass is 10.0. The summed E-state index contributed by atoms with van der Waals surface area (Å²) in [7, 11) is 0. The fourth-order valence-electron chi connectivity index (χ4n) is 2.91. The molecule has 3 aromatic rings. The molecule has 0 aromatic carbocycles. The monoisotopic (exact) mass is 326 g/mol. The van der Waals surface area contributed by atoms with Crippen LogP contribution in [0.25, 0.3) is 4.96 Å². The number of pyridine rings is 1. The Morgan fingerprint density at radius 3 is 3.09 bits per heavy atom. The standard InChI is InChI=1S/C17H18N4OS/c1-11-10-21-15(22)7-14(20-17(21)23-11)9-19-16(12-4-5-12)13-3-2-6-18-8-13/h2-3,6-8,10,12,16,19H,4-5,9H2,1H3. The third-order valence-electron chi connectivity index (χ3n) is 4.18. The second kappa shape index (κ2) is 5.86. The molecule has 0 bridgehead atoms. The van der Waals surface area contributed by atoms with Crippen molar-refractivity contribution >= 4 is 16.3 Å². The molecule has 23 heavy (non-hydrogen) atoms. The summed E-state index contributed by atoms with van der Waals surface area (Å²) >= 11 is 1.54. The predicted molar refractivity (Wildman–Crippen MR) is 90.6 cm³/mol. The van der Waals surface area contributed by atoms with Gasteiger partial charge in [0.1, 0.15) is 0 Å². The van der Waals surface area contributed by atoms with E-state index in [-0.39, 0.29) is 11.6 Å². The van der Waals surface area contributed by atoms with Crippen LogP contribution in [-0.2, 0) is 6.54 Å². The molecule has 1 aliphatic carbocycles. The summed E-state index contributed by atoms with van der Waals surface area (Å²) in [5.41, 5.74) is 1.99. The molecule has 1 unspecified atom stereocenters. The Labute approximate surface area is 138 Å². The Balaban J connectivity index is 1.56. The number of hydrogen-bond donors (Lipinski definition) is 1. The number of nitrogens with one attached hydrogen (secondary N) is 1. The molecule has 1 saturated carbocycles. The van der Waals surface area contributed by atoms with E-state index in [0.717, 1.165) is 15.5 Å². The molecule has 0 aliphatic heterocycles. The number of hydrogen-bond acceptors (Lipinski definition) is 5. The Bertz CT molecular complexity index is 882. The van der Waals surface area contributed by atoms with Gasteiger partial charge in [-0.1, -0.05) is 6.07 Å². The fraction of sp³-hybridized carbons (Fsp3) is 0.353. The summed E-state index contributed by atoms with van der Waals surface area (Å²) < 4.78 is 1.61. The van der Waals surface area contributed by atoms with Crippen molar-refractivity contribution in [2.45, 2.75) is 32.4 Å². The smallest absolute Gasteiger partial charge is 0.258 e. The zero-order valence-electron chi connectivity index (χ0n) is 12.9. The Morgan fingerprint density at radius 1 is 1.48 bits per heavy atom. The van der Waals surface area contributed by atoms with Crippen LogP contribution in [0, 0.1) is 12.8 Å². The van der Waals surface area contributed by atoms with Gasteiger partial charge in [0.25, 0.3) is 5.56 Å². The first-order valence-corrected chi connectivity index (χ1v) is 8.64. The van der Waals surface area contributed by atoms with E-state index in [1.807, 2.05) is 25.4 Å². The van der Waals surface area contributed by atoms with Crippen molar-refractivity contribution in [1.82, 2.24) is 19.7 Å². The highest BCUT2D eigenvalue weighted by molar-refractivity contribution is 7.16. The Kier molecular flexibility index (Phi) is 3.71. The van der Waals surface area contributed by atoms with Gasteiger partial charge in [-0.15, -0.1) is 11.3 Å². The third kappa shape index (κ3) is 3.04. The molecule has 4 rings (SSSR count). The van der Waals surface area contributed by atoms with Gasteiger partial charge in [0.2, 0.25) is 0 Å². The highest BCUT2D eigenvalue weighted by Crippen LogP contribution is 2.40. The minimum Gasteiger partial charge on any atom is -0.304 e. The lowest BCUT2D eigenvalue weighted by molar-refractivity contribution is 0.475. The van der Waals surface area contributed by atoms with Gasteiger partial charge in [-0.2, -0.15) is 0 Å². The molecule has 5 nitrogen and oxygen atoms in total. The van der Waals surface area contributed by atoms with Crippen molar-refractivity contribution in [2.24, 2.45) is 5.92 Å². The van der Waals surface area contributed by atoms with Crippen molar-refractivity contribution in [3.05, 3.63) is 63.3 Å². The average Bonchev–Trinajstić information content (AvgIpc) is 3.30. The first kappa shape index (κ1) is 14.5. The summed E-state index contributed by atoms with van der Waals surface area (Å²) in [4.78, 5) is 22.8. The summed E-state index contributed by atoms with van der Waals surface area (Å²) in [6, 6.07) is 5.99. The van der Waals surface area contributed by atoms with Gasteiger partial charge in [-0.05, 0) is 37.3 Å². The molecule has 3 aromatic heterocycles. The summed E-state index contributed by atoms with van der Waals surface area (Å²) in [6.45, 7) is 2.58. The largest absolute Gasteiger partial charge is 0.304 e. The van der Waals surface area contributed by atoms with Gasteiger partial charge in [0.05, 0.1) is 5.69 Å². The summed E-state index contributed by atoms with van der Waals surface area (Å²) in [5.74, 6) is 0.660. The van der Waals surface area contributed by atoms with Gasteiger partial charge in [-0.3, -0.25) is 14.2 Å². The van der Waals surface area contributed by atoms with Gasteiger partial charge in [-0.25, -0.2) is 4.98 Å². The quantitative estimate of drug-likeness (QED) is 0.783. The van der Waals surface area contributed by atoms with E-state index in [9.17, 15) is 4.79 Å². The van der Waals surface area contributed by atoms with E-state index >= 15 is 0 Å². The number of thiazole rings is 1. The van der Waals surface area contributed by atoms with Crippen molar-refractivity contribution in [3.63, 3.8) is 0 Å². The first-order chi connectivity index (χ1) is 11.2. The van der Waals surface area contributed by atoms with E-state index in [4.69, 9.17) is 0 Å². The van der Waals surface area contributed by atoms with Gasteiger partial charge in [0.15, 0.2) is 4.96 Å². The maximum atomic E-state index is 12.2. The second-order valence-electron chi connectivity index (χ2n) is 6.06. The lowest BCUT2D eigenvalue weighted by Gasteiger charge is -2.18. The maximum Gasteiger partial charge on any atom is 0.258 e. The van der Waals surface area contributed by atoms with Crippen molar-refractivity contribution in [1.29, 1.82) is 0 Å². The van der Waals surface area contributed by atoms with Crippen LogP contribution < -0.4 is 10.9 Å². The molecule has 3 heterocycles. The molecule has 1 aliphatic rings. The molecule has 1 fully saturated rings. The number of nitrogens with zero attached hydrogens (tertiary/aromatic N) is 3. The zero-order valence-corrected chi connectivity index (χ0v) is 13.7. The molecule has 0 spiro atoms. The van der Waals surface area contributed by atoms with E-state index in [2.05, 4.69) is 21.4 Å². The number of aromatic nitrogens is 3. The van der Waals surface area contributed by atoms with Crippen LogP contribution in [0.2, 0.25) is 0 Å². The van der Waals surface area contributed by atoms with E-state index < -0.39 is 0 Å². The van der Waals surface area contributed by atoms with Crippen molar-refractivity contribution in [2.75, 3.05) is 0 Å². The number of fused-ring (bicyclic) bond motifs is 1. The van der Waals surface area contributed by atoms with Crippen LogP contribution in [0.15, 0.2) is 41.6 Å². The molecule has 1 atom stereocenters. The fourth-order valence-corrected chi connectivity index (χ4v) is 3.76. The second-order valence-corrected chi connectivity index (χ2v) is 7.28. The molecule has 118 valence electrons. The van der Waals surface area contributed by atoms with Crippen molar-refractivity contribution < 1.29 is 0 Å². The molecule has 0 amide bonds. The highest BCUT2D eigenvalue weighted by Gasteiger charge is 2.32. The topological polar surface area (TPSA) is 59.3 Å². The Morgan fingerprint density at radius 2 is 2.35 bits per heavy atom. The number of aryl methyl sites for hydroxylation is 1. The van der Waals surface area contributed by atoms with E-state index in [1.165, 1.54) is 18.4 Å². The van der Waals surface area contributed by atoms with Crippen LogP contribution >= 0.6 is 11.3 Å². The SMILES string of the molecule is Cc1cn2c(=O)cc(CNC(c3cccnc3)C3CC3)nc2s1. The molecular formula is C17H18N4OS. The van der Waals surface area contributed by atoms with Crippen LogP contribution in [0.3, 0.4) is 0 Å². The van der Waals surface area contributed by atoms with Gasteiger partial charge in [0, 0.05) is 42.1 Å². The molecule has 1 N–H and O–H groups in total. The average molecular weight is 326 g/mol. The zero-order chi connectivity index (χ0) is 15.8. The number of rotatable bonds is 5. The Hall–Kier alpha value is -2.05. The minimum absolute atomic E-state index is 0.0134. The van der Waals surface area contributed by atoms with Crippen LogP contribution in [0.4, 0.5) is 0 Å². The molecular weight excluding hydrogens is 308 g/mol. The summed E-state index contributed by atoms with van der Waals surface area (Å²) in [5, 5.41) is 3.57. The van der Waals surface area contributed by atoms with Gasteiger partial charge >= 0.3 is 0 Å². The van der Waals surface area contributed by atoms with E-state index in [1.54, 1.807) is 28.0 Å². The van der Waals surface area contributed by atoms with Crippen LogP contribution in [0.5, 0.6) is 0 Å². The molecule has 6 heteroatoms. The first-order valence-electron chi connectivity index (χ1n) is 7.83. The van der Waals surface area contributed by atoms with E-state index in [0.29, 0.717) is 12.5 Å². The lowest BCUT2D eigenvalue weighted by Crippen LogP contribution is -2.24. The third-order valence-corrected chi connectivity index (χ3v) is 5.07. The predicted octanol–water partition coefficient (Wildman–Crippen LogP) is 2.70. The summed E-state index contributed by atoms with van der Waals surface area (Å²) in [6.07, 6.45) is 8.04.